The average molecular weight is 377 g/mol. The van der Waals surface area contributed by atoms with Crippen LogP contribution in [0.5, 0.6) is 5.75 Å². The fourth-order valence-corrected chi connectivity index (χ4v) is 2.18. The Morgan fingerprint density at radius 3 is 2.22 bits per heavy atom. The number of nitrogens with zero attached hydrogens (tertiary/aromatic N) is 1. The Morgan fingerprint density at radius 2 is 1.70 bits per heavy atom. The van der Waals surface area contributed by atoms with E-state index in [0.717, 1.165) is 6.07 Å². The molecule has 8 heteroatoms. The van der Waals surface area contributed by atoms with Crippen LogP contribution in [0.1, 0.15) is 42.3 Å². The van der Waals surface area contributed by atoms with Crippen LogP contribution in [0, 0.1) is 11.3 Å². The van der Waals surface area contributed by atoms with Crippen molar-refractivity contribution in [1.29, 1.82) is 5.26 Å². The maximum atomic E-state index is 13.1. The molecule has 5 nitrogen and oxygen atoms in total. The Morgan fingerprint density at radius 1 is 1.07 bits per heavy atom. The lowest BCUT2D eigenvalue weighted by Gasteiger charge is -2.21. The predicted octanol–water partition coefficient (Wildman–Crippen LogP) is 4.51. The second-order valence-corrected chi connectivity index (χ2v) is 6.69. The third-order valence-electron chi connectivity index (χ3n) is 3.31. The molecule has 0 atom stereocenters. The Kier molecular flexibility index (Phi) is 5.64. The monoisotopic (exact) mass is 377 g/mol. The second-order valence-electron chi connectivity index (χ2n) is 6.69. The lowest BCUT2D eigenvalue weighted by molar-refractivity contribution is -0.137. The molecule has 0 fully saturated rings. The number of hydrogen-bond donors (Lipinski definition) is 2. The minimum Gasteiger partial charge on any atom is -0.488 e. The summed E-state index contributed by atoms with van der Waals surface area (Å²) in [5.74, 6) is -0.0479. The Balaban J connectivity index is 2.11. The van der Waals surface area contributed by atoms with Crippen LogP contribution < -0.4 is 15.6 Å². The molecule has 0 heterocycles. The number of hydrazine groups is 1. The first kappa shape index (κ1) is 20.1. The van der Waals surface area contributed by atoms with E-state index in [1.807, 2.05) is 20.8 Å². The standard InChI is InChI=1S/C19H18F3N3O2/c1-18(2,3)27-14-7-5-13(6-8-14)17(26)25-24-16-9-4-12(11-23)10-15(16)19(20,21)22/h4-10,24H,1-3H3,(H,25,26). The highest BCUT2D eigenvalue weighted by molar-refractivity contribution is 5.95. The van der Waals surface area contributed by atoms with Gasteiger partial charge in [-0.3, -0.25) is 15.6 Å². The molecule has 2 aromatic carbocycles. The highest BCUT2D eigenvalue weighted by Crippen LogP contribution is 2.35. The van der Waals surface area contributed by atoms with Crippen molar-refractivity contribution >= 4 is 11.6 Å². The van der Waals surface area contributed by atoms with Gasteiger partial charge in [-0.05, 0) is 63.2 Å². The third-order valence-corrected chi connectivity index (χ3v) is 3.31. The summed E-state index contributed by atoms with van der Waals surface area (Å²) >= 11 is 0. The number of halogens is 3. The van der Waals surface area contributed by atoms with E-state index in [0.29, 0.717) is 11.8 Å². The van der Waals surface area contributed by atoms with Gasteiger partial charge in [0.15, 0.2) is 0 Å². The lowest BCUT2D eigenvalue weighted by atomic mass is 10.1. The van der Waals surface area contributed by atoms with Gasteiger partial charge in [0.05, 0.1) is 22.9 Å². The van der Waals surface area contributed by atoms with Crippen molar-refractivity contribution in [3.05, 3.63) is 59.2 Å². The van der Waals surface area contributed by atoms with Crippen LogP contribution in [0.3, 0.4) is 0 Å². The zero-order chi connectivity index (χ0) is 20.2. The molecule has 2 N–H and O–H groups in total. The van der Waals surface area contributed by atoms with Crippen molar-refractivity contribution in [2.24, 2.45) is 0 Å². The van der Waals surface area contributed by atoms with Gasteiger partial charge >= 0.3 is 6.18 Å². The molecule has 0 aliphatic carbocycles. The van der Waals surface area contributed by atoms with Crippen molar-refractivity contribution < 1.29 is 22.7 Å². The number of alkyl halides is 3. The minimum atomic E-state index is -4.67. The number of hydrogen-bond acceptors (Lipinski definition) is 4. The molecule has 2 rings (SSSR count). The molecule has 0 aromatic heterocycles. The molecule has 0 spiro atoms. The molecule has 27 heavy (non-hydrogen) atoms. The number of nitrogens with one attached hydrogen (secondary N) is 2. The maximum Gasteiger partial charge on any atom is 0.418 e. The van der Waals surface area contributed by atoms with Gasteiger partial charge in [-0.25, -0.2) is 0 Å². The first-order valence-electron chi connectivity index (χ1n) is 7.96. The summed E-state index contributed by atoms with van der Waals surface area (Å²) in [6.45, 7) is 5.65. The van der Waals surface area contributed by atoms with E-state index in [9.17, 15) is 18.0 Å². The SMILES string of the molecule is CC(C)(C)Oc1ccc(C(=O)NNc2ccc(C#N)cc2C(F)(F)F)cc1. The fourth-order valence-electron chi connectivity index (χ4n) is 2.18. The molecule has 0 bridgehead atoms. The summed E-state index contributed by atoms with van der Waals surface area (Å²) in [6, 6.07) is 10.9. The molecule has 142 valence electrons. The predicted molar refractivity (Wildman–Crippen MR) is 94.1 cm³/mol. The minimum absolute atomic E-state index is 0.131. The highest BCUT2D eigenvalue weighted by atomic mass is 19.4. The van der Waals surface area contributed by atoms with E-state index in [1.54, 1.807) is 18.2 Å². The highest BCUT2D eigenvalue weighted by Gasteiger charge is 2.34. The van der Waals surface area contributed by atoms with E-state index in [-0.39, 0.29) is 16.8 Å². The molecule has 0 aliphatic heterocycles. The van der Waals surface area contributed by atoms with E-state index in [1.165, 1.54) is 18.2 Å². The fraction of sp³-hybridized carbons (Fsp3) is 0.263. The summed E-state index contributed by atoms with van der Waals surface area (Å²) in [6.07, 6.45) is -4.67. The summed E-state index contributed by atoms with van der Waals surface area (Å²) < 4.78 is 45.0. The Labute approximate surface area is 154 Å². The van der Waals surface area contributed by atoms with Gasteiger partial charge in [-0.2, -0.15) is 18.4 Å². The first-order valence-corrected chi connectivity index (χ1v) is 7.96. The maximum absolute atomic E-state index is 13.1. The van der Waals surface area contributed by atoms with E-state index in [2.05, 4.69) is 10.9 Å². The molecule has 0 radical (unpaired) electrons. The Hall–Kier alpha value is -3.21. The quantitative estimate of drug-likeness (QED) is 0.769. The van der Waals surface area contributed by atoms with Gasteiger partial charge in [0.2, 0.25) is 0 Å². The van der Waals surface area contributed by atoms with Gasteiger partial charge in [0.25, 0.3) is 5.91 Å². The van der Waals surface area contributed by atoms with Gasteiger partial charge < -0.3 is 4.74 Å². The summed E-state index contributed by atoms with van der Waals surface area (Å²) in [7, 11) is 0. The average Bonchev–Trinajstić information content (AvgIpc) is 2.58. The van der Waals surface area contributed by atoms with Crippen LogP contribution in [0.25, 0.3) is 0 Å². The van der Waals surface area contributed by atoms with Crippen molar-refractivity contribution in [3.8, 4) is 11.8 Å². The summed E-state index contributed by atoms with van der Waals surface area (Å²) in [5.41, 5.74) is 2.79. The molecule has 0 saturated heterocycles. The lowest BCUT2D eigenvalue weighted by Crippen LogP contribution is -2.30. The zero-order valence-electron chi connectivity index (χ0n) is 14.9. The van der Waals surface area contributed by atoms with Crippen molar-refractivity contribution in [1.82, 2.24) is 5.43 Å². The molecular weight excluding hydrogens is 359 g/mol. The van der Waals surface area contributed by atoms with Gasteiger partial charge in [0.1, 0.15) is 11.4 Å². The van der Waals surface area contributed by atoms with Gasteiger partial charge in [0, 0.05) is 5.56 Å². The van der Waals surface area contributed by atoms with Crippen LogP contribution in [0.15, 0.2) is 42.5 Å². The number of benzene rings is 2. The van der Waals surface area contributed by atoms with E-state index >= 15 is 0 Å². The van der Waals surface area contributed by atoms with Crippen molar-refractivity contribution in [3.63, 3.8) is 0 Å². The molecule has 1 amide bonds. The number of carbonyl (C=O) groups excluding carboxylic acids is 1. The van der Waals surface area contributed by atoms with Crippen LogP contribution in [0.2, 0.25) is 0 Å². The molecular formula is C19H18F3N3O2. The molecule has 0 unspecified atom stereocenters. The number of carbonyl (C=O) groups is 1. The first-order chi connectivity index (χ1) is 12.5. The molecule has 2 aromatic rings. The van der Waals surface area contributed by atoms with Crippen molar-refractivity contribution in [2.45, 2.75) is 32.5 Å². The largest absolute Gasteiger partial charge is 0.488 e. The summed E-state index contributed by atoms with van der Waals surface area (Å²) in [4.78, 5) is 12.2. The van der Waals surface area contributed by atoms with E-state index < -0.39 is 23.2 Å². The summed E-state index contributed by atoms with van der Waals surface area (Å²) in [5, 5.41) is 8.76. The number of amides is 1. The normalized spacial score (nSPS) is 11.4. The van der Waals surface area contributed by atoms with Crippen LogP contribution in [-0.2, 0) is 6.18 Å². The second kappa shape index (κ2) is 7.58. The van der Waals surface area contributed by atoms with Crippen LogP contribution in [0.4, 0.5) is 18.9 Å². The number of anilines is 1. The number of ether oxygens (including phenoxy) is 1. The molecule has 0 saturated carbocycles. The Bertz CT molecular complexity index is 864. The van der Waals surface area contributed by atoms with Gasteiger partial charge in [-0.15, -0.1) is 0 Å². The topological polar surface area (TPSA) is 74.2 Å². The smallest absolute Gasteiger partial charge is 0.418 e. The van der Waals surface area contributed by atoms with Gasteiger partial charge in [-0.1, -0.05) is 0 Å². The molecule has 0 aliphatic rings. The zero-order valence-corrected chi connectivity index (χ0v) is 14.9. The van der Waals surface area contributed by atoms with Crippen molar-refractivity contribution in [2.75, 3.05) is 5.43 Å². The van der Waals surface area contributed by atoms with Crippen LogP contribution >= 0.6 is 0 Å². The number of rotatable bonds is 4. The van der Waals surface area contributed by atoms with E-state index in [4.69, 9.17) is 10.00 Å². The van der Waals surface area contributed by atoms with Crippen LogP contribution in [-0.4, -0.2) is 11.5 Å². The third kappa shape index (κ3) is 5.64. The number of nitriles is 1.